The molecule has 0 fully saturated rings. The Morgan fingerprint density at radius 1 is 1.32 bits per heavy atom. The van der Waals surface area contributed by atoms with E-state index in [2.05, 4.69) is 11.8 Å². The van der Waals surface area contributed by atoms with Gasteiger partial charge in [-0.15, -0.1) is 0 Å². The van der Waals surface area contributed by atoms with Gasteiger partial charge in [0.25, 0.3) is 0 Å². The number of nitrogens with zero attached hydrogens (tertiary/aromatic N) is 1. The maximum absolute atomic E-state index is 12.4. The average Bonchev–Trinajstić information content (AvgIpc) is 2.61. The number of aliphatic hydroxyl groups excluding tert-OH is 1. The van der Waals surface area contributed by atoms with Crippen LogP contribution in [0.25, 0.3) is 10.9 Å². The van der Waals surface area contributed by atoms with Gasteiger partial charge in [-0.3, -0.25) is 4.79 Å². The highest BCUT2D eigenvalue weighted by atomic mass is 16.5. The van der Waals surface area contributed by atoms with Crippen LogP contribution < -0.4 is 5.43 Å². The van der Waals surface area contributed by atoms with Gasteiger partial charge in [0.05, 0.1) is 12.1 Å². The maximum Gasteiger partial charge on any atom is 0.341 e. The second-order valence-corrected chi connectivity index (χ2v) is 5.44. The fourth-order valence-electron chi connectivity index (χ4n) is 2.45. The molecule has 132 valence electrons. The summed E-state index contributed by atoms with van der Waals surface area (Å²) in [4.78, 5) is 23.7. The van der Waals surface area contributed by atoms with E-state index in [0.717, 1.165) is 0 Å². The van der Waals surface area contributed by atoms with E-state index in [4.69, 9.17) is 9.84 Å². The summed E-state index contributed by atoms with van der Waals surface area (Å²) >= 11 is 0. The van der Waals surface area contributed by atoms with Crippen molar-refractivity contribution >= 4 is 16.9 Å². The van der Waals surface area contributed by atoms with Gasteiger partial charge in [-0.25, -0.2) is 4.79 Å². The largest absolute Gasteiger partial charge is 0.477 e. The fourth-order valence-corrected chi connectivity index (χ4v) is 2.45. The summed E-state index contributed by atoms with van der Waals surface area (Å²) in [6.07, 6.45) is 2.52. The van der Waals surface area contributed by atoms with E-state index in [1.165, 1.54) is 6.20 Å². The third-order valence-electron chi connectivity index (χ3n) is 3.70. The molecule has 0 unspecified atom stereocenters. The van der Waals surface area contributed by atoms with E-state index in [9.17, 15) is 14.7 Å². The normalized spacial score (nSPS) is 10.5. The molecule has 6 nitrogen and oxygen atoms in total. The first-order valence-electron chi connectivity index (χ1n) is 8.16. The van der Waals surface area contributed by atoms with Crippen LogP contribution in [0.15, 0.2) is 29.2 Å². The van der Waals surface area contributed by atoms with Crippen LogP contribution in [0.1, 0.15) is 35.7 Å². The van der Waals surface area contributed by atoms with Crippen molar-refractivity contribution in [1.82, 2.24) is 4.57 Å². The summed E-state index contributed by atoms with van der Waals surface area (Å²) in [6.45, 7) is 3.54. The summed E-state index contributed by atoms with van der Waals surface area (Å²) < 4.78 is 7.04. The highest BCUT2D eigenvalue weighted by Gasteiger charge is 2.14. The molecule has 0 bridgehead atoms. The van der Waals surface area contributed by atoms with Crippen LogP contribution in [0.3, 0.4) is 0 Å². The molecule has 1 aromatic heterocycles. The van der Waals surface area contributed by atoms with Gasteiger partial charge in [-0.1, -0.05) is 11.8 Å². The Balaban J connectivity index is 2.26. The molecule has 0 saturated heterocycles. The number of hydrogen-bond acceptors (Lipinski definition) is 4. The topological polar surface area (TPSA) is 88.8 Å². The third kappa shape index (κ3) is 4.69. The van der Waals surface area contributed by atoms with Gasteiger partial charge in [-0.2, -0.15) is 0 Å². The molecule has 0 aliphatic rings. The van der Waals surface area contributed by atoms with Crippen molar-refractivity contribution in [3.63, 3.8) is 0 Å². The predicted molar refractivity (Wildman–Crippen MR) is 94.9 cm³/mol. The molecule has 2 N–H and O–H groups in total. The number of carbonyl (C=O) groups is 1. The number of aromatic nitrogens is 1. The first-order valence-corrected chi connectivity index (χ1v) is 8.16. The first kappa shape index (κ1) is 18.7. The third-order valence-corrected chi connectivity index (χ3v) is 3.70. The minimum Gasteiger partial charge on any atom is -0.477 e. The summed E-state index contributed by atoms with van der Waals surface area (Å²) in [6, 6.07) is 5.23. The first-order chi connectivity index (χ1) is 12.1. The zero-order valence-corrected chi connectivity index (χ0v) is 14.1. The number of aromatic carboxylic acids is 1. The fraction of sp³-hybridized carbons (Fsp3) is 0.368. The SMILES string of the molecule is CCn1cc(C(=O)O)c(=O)c2cc(C#CCCOCCCO)ccc21. The molecule has 0 radical (unpaired) electrons. The molecule has 1 heterocycles. The van der Waals surface area contributed by atoms with E-state index < -0.39 is 11.4 Å². The minimum absolute atomic E-state index is 0.108. The molecule has 0 aliphatic heterocycles. The lowest BCUT2D eigenvalue weighted by atomic mass is 10.1. The Bertz CT molecular complexity index is 873. The smallest absolute Gasteiger partial charge is 0.341 e. The second kappa shape index (κ2) is 9.02. The molecule has 0 aliphatic carbocycles. The zero-order valence-electron chi connectivity index (χ0n) is 14.1. The molecule has 6 heteroatoms. The number of carboxylic acid groups (broad SMARTS) is 1. The second-order valence-electron chi connectivity index (χ2n) is 5.44. The van der Waals surface area contributed by atoms with Crippen LogP contribution in [-0.4, -0.2) is 40.6 Å². The number of hydrogen-bond donors (Lipinski definition) is 2. The van der Waals surface area contributed by atoms with E-state index in [0.29, 0.717) is 49.1 Å². The van der Waals surface area contributed by atoms with Crippen molar-refractivity contribution in [2.24, 2.45) is 0 Å². The van der Waals surface area contributed by atoms with Crippen LogP contribution in [0, 0.1) is 11.8 Å². The molecular weight excluding hydrogens is 322 g/mol. The predicted octanol–water partition coefficient (Wildman–Crippen LogP) is 1.86. The van der Waals surface area contributed by atoms with Crippen molar-refractivity contribution in [3.05, 3.63) is 45.7 Å². The lowest BCUT2D eigenvalue weighted by molar-refractivity contribution is 0.0695. The van der Waals surface area contributed by atoms with Crippen molar-refractivity contribution in [2.45, 2.75) is 26.3 Å². The summed E-state index contributed by atoms with van der Waals surface area (Å²) in [5.41, 5.74) is 0.612. The van der Waals surface area contributed by atoms with Gasteiger partial charge in [-0.05, 0) is 31.5 Å². The number of aryl methyl sites for hydroxylation is 1. The summed E-state index contributed by atoms with van der Waals surface area (Å²) in [5, 5.41) is 18.2. The Kier molecular flexibility index (Phi) is 6.75. The number of benzene rings is 1. The van der Waals surface area contributed by atoms with Gasteiger partial charge in [0, 0.05) is 43.3 Å². The standard InChI is InChI=1S/C19H21NO5/c1-2-20-13-16(19(23)24)18(22)15-12-14(7-8-17(15)20)6-3-4-10-25-11-5-9-21/h7-8,12-13,21H,2,4-5,9-11H2,1H3,(H,23,24). The number of ether oxygens (including phenoxy) is 1. The van der Waals surface area contributed by atoms with Gasteiger partial charge < -0.3 is 19.5 Å². The van der Waals surface area contributed by atoms with Crippen LogP contribution in [0.2, 0.25) is 0 Å². The Labute approximate surface area is 145 Å². The lowest BCUT2D eigenvalue weighted by Gasteiger charge is -2.10. The number of carboxylic acids is 1. The summed E-state index contributed by atoms with van der Waals surface area (Å²) in [5.74, 6) is 4.70. The molecule has 0 saturated carbocycles. The van der Waals surface area contributed by atoms with Crippen LogP contribution in [0.4, 0.5) is 0 Å². The highest BCUT2D eigenvalue weighted by Crippen LogP contribution is 2.14. The van der Waals surface area contributed by atoms with E-state index in [1.54, 1.807) is 16.7 Å². The maximum atomic E-state index is 12.4. The Morgan fingerprint density at radius 2 is 2.12 bits per heavy atom. The minimum atomic E-state index is -1.23. The number of aliphatic hydroxyl groups is 1. The molecule has 0 atom stereocenters. The lowest BCUT2D eigenvalue weighted by Crippen LogP contribution is -2.18. The molecule has 0 amide bonds. The molecule has 0 spiro atoms. The van der Waals surface area contributed by atoms with Crippen LogP contribution in [-0.2, 0) is 11.3 Å². The quantitative estimate of drug-likeness (QED) is 0.592. The monoisotopic (exact) mass is 343 g/mol. The zero-order chi connectivity index (χ0) is 18.2. The van der Waals surface area contributed by atoms with Crippen molar-refractivity contribution in [1.29, 1.82) is 0 Å². The van der Waals surface area contributed by atoms with Crippen LogP contribution >= 0.6 is 0 Å². The van der Waals surface area contributed by atoms with Gasteiger partial charge in [0.2, 0.25) is 5.43 Å². The van der Waals surface area contributed by atoms with Crippen molar-refractivity contribution < 1.29 is 19.7 Å². The van der Waals surface area contributed by atoms with Crippen molar-refractivity contribution in [3.8, 4) is 11.8 Å². The van der Waals surface area contributed by atoms with Gasteiger partial charge in [0.1, 0.15) is 5.56 Å². The Morgan fingerprint density at radius 3 is 2.80 bits per heavy atom. The summed E-state index contributed by atoms with van der Waals surface area (Å²) in [7, 11) is 0. The van der Waals surface area contributed by atoms with Crippen molar-refractivity contribution in [2.75, 3.05) is 19.8 Å². The number of pyridine rings is 1. The Hall–Kier alpha value is -2.62. The highest BCUT2D eigenvalue weighted by molar-refractivity contribution is 5.92. The average molecular weight is 343 g/mol. The van der Waals surface area contributed by atoms with E-state index in [-0.39, 0.29) is 12.2 Å². The molecule has 2 aromatic rings. The molecule has 2 rings (SSSR count). The van der Waals surface area contributed by atoms with Gasteiger partial charge in [0.15, 0.2) is 0 Å². The van der Waals surface area contributed by atoms with E-state index in [1.807, 2.05) is 13.0 Å². The van der Waals surface area contributed by atoms with E-state index >= 15 is 0 Å². The molecular formula is C19H21NO5. The van der Waals surface area contributed by atoms with Gasteiger partial charge >= 0.3 is 5.97 Å². The van der Waals surface area contributed by atoms with Crippen LogP contribution in [0.5, 0.6) is 0 Å². The molecule has 1 aromatic carbocycles. The number of rotatable bonds is 7. The number of fused-ring (bicyclic) bond motifs is 1. The molecule has 25 heavy (non-hydrogen) atoms.